The summed E-state index contributed by atoms with van der Waals surface area (Å²) in [6.45, 7) is -2.52. The van der Waals surface area contributed by atoms with Crippen molar-refractivity contribution >= 4 is 17.5 Å². The van der Waals surface area contributed by atoms with E-state index in [1.54, 1.807) is 36.3 Å². The molecule has 27 heavy (non-hydrogen) atoms. The van der Waals surface area contributed by atoms with Crippen molar-refractivity contribution in [2.75, 3.05) is 25.6 Å². The molecule has 1 atom stereocenters. The summed E-state index contributed by atoms with van der Waals surface area (Å²) in [4.78, 5) is 31.8. The van der Waals surface area contributed by atoms with Crippen molar-refractivity contribution in [2.24, 2.45) is 5.92 Å². The van der Waals surface area contributed by atoms with Crippen molar-refractivity contribution < 1.29 is 23.1 Å². The van der Waals surface area contributed by atoms with Crippen LogP contribution in [0.1, 0.15) is 18.8 Å². The first kappa shape index (κ1) is 18.8. The zero-order valence-corrected chi connectivity index (χ0v) is 15.0. The molecule has 1 aromatic carbocycles. The Morgan fingerprint density at radius 1 is 1.37 bits per heavy atom. The van der Waals surface area contributed by atoms with E-state index in [2.05, 4.69) is 4.98 Å². The summed E-state index contributed by atoms with van der Waals surface area (Å²) in [7, 11) is 3.08. The first-order chi connectivity index (χ1) is 12.9. The molecule has 0 spiro atoms. The van der Waals surface area contributed by atoms with Crippen LogP contribution >= 0.6 is 0 Å². The third-order valence-corrected chi connectivity index (χ3v) is 4.57. The fraction of sp³-hybridized carbons (Fsp3) is 0.389. The van der Waals surface area contributed by atoms with Crippen molar-refractivity contribution in [1.82, 2.24) is 14.5 Å². The minimum atomic E-state index is -2.72. The van der Waals surface area contributed by atoms with Gasteiger partial charge in [-0.2, -0.15) is 8.78 Å². The Kier molecular flexibility index (Phi) is 5.38. The highest BCUT2D eigenvalue weighted by molar-refractivity contribution is 6.00. The molecule has 0 bridgehead atoms. The lowest BCUT2D eigenvalue weighted by Gasteiger charge is -2.21. The number of methoxy groups -OCH3 is 1. The number of amides is 2. The molecule has 2 heterocycles. The standard InChI is InChI=1S/C18H20F2N4O3/c1-22(11-15-21-7-8-23(15)18(19)20)17(26)12-9-16(25)24(10-12)13-3-5-14(27-2)6-4-13/h3-8,12,18H,9-11H2,1-2H3. The third-order valence-electron chi connectivity index (χ3n) is 4.57. The van der Waals surface area contributed by atoms with E-state index >= 15 is 0 Å². The quantitative estimate of drug-likeness (QED) is 0.774. The number of rotatable bonds is 6. The molecule has 0 N–H and O–H groups in total. The Balaban J connectivity index is 1.66. The van der Waals surface area contributed by atoms with E-state index in [0.717, 1.165) is 0 Å². The molecule has 1 unspecified atom stereocenters. The second-order valence-electron chi connectivity index (χ2n) is 6.33. The van der Waals surface area contributed by atoms with Crippen molar-refractivity contribution in [3.05, 3.63) is 42.5 Å². The second-order valence-corrected chi connectivity index (χ2v) is 6.33. The molecule has 2 amide bonds. The zero-order chi connectivity index (χ0) is 19.6. The second kappa shape index (κ2) is 7.73. The Labute approximate surface area is 155 Å². The van der Waals surface area contributed by atoms with Gasteiger partial charge in [0.15, 0.2) is 0 Å². The fourth-order valence-corrected chi connectivity index (χ4v) is 3.13. The molecular formula is C18H20F2N4O3. The van der Waals surface area contributed by atoms with Gasteiger partial charge in [-0.3, -0.25) is 14.2 Å². The summed E-state index contributed by atoms with van der Waals surface area (Å²) in [5.74, 6) is -0.187. The number of ether oxygens (including phenoxy) is 1. The van der Waals surface area contributed by atoms with Crippen LogP contribution in [-0.2, 0) is 16.1 Å². The van der Waals surface area contributed by atoms with Gasteiger partial charge in [-0.15, -0.1) is 0 Å². The molecule has 1 fully saturated rings. The third kappa shape index (κ3) is 3.91. The number of halogens is 2. The topological polar surface area (TPSA) is 67.7 Å². The average Bonchev–Trinajstić information content (AvgIpc) is 3.27. The van der Waals surface area contributed by atoms with Crippen LogP contribution in [-0.4, -0.2) is 47.0 Å². The van der Waals surface area contributed by atoms with E-state index in [1.165, 1.54) is 24.3 Å². The van der Waals surface area contributed by atoms with Crippen LogP contribution in [0.25, 0.3) is 0 Å². The van der Waals surface area contributed by atoms with Crippen LogP contribution in [0, 0.1) is 5.92 Å². The predicted octanol–water partition coefficient (Wildman–Crippen LogP) is 2.30. The van der Waals surface area contributed by atoms with Crippen LogP contribution in [0.5, 0.6) is 5.75 Å². The van der Waals surface area contributed by atoms with Crippen LogP contribution < -0.4 is 9.64 Å². The minimum Gasteiger partial charge on any atom is -0.497 e. The summed E-state index contributed by atoms with van der Waals surface area (Å²) in [5.41, 5.74) is 0.687. The molecule has 1 aliphatic heterocycles. The van der Waals surface area contributed by atoms with Gasteiger partial charge in [0.1, 0.15) is 11.6 Å². The van der Waals surface area contributed by atoms with Crippen LogP contribution in [0.4, 0.5) is 14.5 Å². The summed E-state index contributed by atoms with van der Waals surface area (Å²) in [6, 6.07) is 7.00. The Morgan fingerprint density at radius 2 is 2.07 bits per heavy atom. The van der Waals surface area contributed by atoms with Crippen molar-refractivity contribution in [3.63, 3.8) is 0 Å². The Bertz CT molecular complexity index is 822. The normalized spacial score (nSPS) is 16.9. The maximum atomic E-state index is 12.9. The Hall–Kier alpha value is -2.97. The van der Waals surface area contributed by atoms with E-state index in [1.807, 2.05) is 0 Å². The number of anilines is 1. The summed E-state index contributed by atoms with van der Waals surface area (Å²) in [5, 5.41) is 0. The maximum absolute atomic E-state index is 12.9. The van der Waals surface area contributed by atoms with E-state index in [-0.39, 0.29) is 37.1 Å². The van der Waals surface area contributed by atoms with Crippen molar-refractivity contribution in [1.29, 1.82) is 0 Å². The molecule has 7 nitrogen and oxygen atoms in total. The number of carbonyl (C=O) groups is 2. The summed E-state index contributed by atoms with van der Waals surface area (Å²) >= 11 is 0. The lowest BCUT2D eigenvalue weighted by Crippen LogP contribution is -2.35. The first-order valence-corrected chi connectivity index (χ1v) is 8.40. The molecule has 1 aliphatic rings. The molecule has 1 aromatic heterocycles. The highest BCUT2D eigenvalue weighted by atomic mass is 19.3. The summed E-state index contributed by atoms with van der Waals surface area (Å²) < 4.78 is 31.6. The van der Waals surface area contributed by atoms with Crippen molar-refractivity contribution in [2.45, 2.75) is 19.5 Å². The van der Waals surface area contributed by atoms with Gasteiger partial charge < -0.3 is 14.5 Å². The highest BCUT2D eigenvalue weighted by Crippen LogP contribution is 2.28. The first-order valence-electron chi connectivity index (χ1n) is 8.40. The number of hydrogen-bond acceptors (Lipinski definition) is 4. The lowest BCUT2D eigenvalue weighted by molar-refractivity contribution is -0.135. The average molecular weight is 378 g/mol. The zero-order valence-electron chi connectivity index (χ0n) is 15.0. The van der Waals surface area contributed by atoms with Gasteiger partial charge in [0.05, 0.1) is 19.6 Å². The van der Waals surface area contributed by atoms with Gasteiger partial charge >= 0.3 is 6.55 Å². The monoisotopic (exact) mass is 378 g/mol. The number of nitrogens with zero attached hydrogens (tertiary/aromatic N) is 4. The predicted molar refractivity (Wildman–Crippen MR) is 93.4 cm³/mol. The van der Waals surface area contributed by atoms with Crippen LogP contribution in [0.15, 0.2) is 36.7 Å². The number of carbonyl (C=O) groups excluding carboxylic acids is 2. The smallest absolute Gasteiger partial charge is 0.319 e. The number of alkyl halides is 2. The number of hydrogen-bond donors (Lipinski definition) is 0. The van der Waals surface area contributed by atoms with Gasteiger partial charge in [-0.25, -0.2) is 4.98 Å². The maximum Gasteiger partial charge on any atom is 0.319 e. The molecule has 0 radical (unpaired) electrons. The van der Waals surface area contributed by atoms with Gasteiger partial charge in [-0.05, 0) is 24.3 Å². The molecule has 1 saturated heterocycles. The molecule has 9 heteroatoms. The SMILES string of the molecule is COc1ccc(N2CC(C(=O)N(C)Cc3nccn3C(F)F)CC2=O)cc1. The van der Waals surface area contributed by atoms with E-state index < -0.39 is 12.5 Å². The molecule has 3 rings (SSSR count). The molecule has 144 valence electrons. The molecular weight excluding hydrogens is 358 g/mol. The van der Waals surface area contributed by atoms with E-state index in [0.29, 0.717) is 16.0 Å². The van der Waals surface area contributed by atoms with Gasteiger partial charge in [0.25, 0.3) is 0 Å². The van der Waals surface area contributed by atoms with Crippen molar-refractivity contribution in [3.8, 4) is 5.75 Å². The van der Waals surface area contributed by atoms with E-state index in [4.69, 9.17) is 4.74 Å². The van der Waals surface area contributed by atoms with Gasteiger partial charge in [0, 0.05) is 38.1 Å². The fourth-order valence-electron chi connectivity index (χ4n) is 3.13. The van der Waals surface area contributed by atoms with Gasteiger partial charge in [-0.1, -0.05) is 0 Å². The lowest BCUT2D eigenvalue weighted by atomic mass is 10.1. The number of benzene rings is 1. The van der Waals surface area contributed by atoms with Crippen LogP contribution in [0.2, 0.25) is 0 Å². The molecule has 2 aromatic rings. The number of imidazole rings is 1. The van der Waals surface area contributed by atoms with Gasteiger partial charge in [0.2, 0.25) is 11.8 Å². The van der Waals surface area contributed by atoms with E-state index in [9.17, 15) is 18.4 Å². The van der Waals surface area contributed by atoms with Crippen LogP contribution in [0.3, 0.4) is 0 Å². The molecule has 0 aliphatic carbocycles. The largest absolute Gasteiger partial charge is 0.497 e. The minimum absolute atomic E-state index is 0.0522. The highest BCUT2D eigenvalue weighted by Gasteiger charge is 2.36. The summed E-state index contributed by atoms with van der Waals surface area (Å²) in [6.07, 6.45) is 2.52. The Morgan fingerprint density at radius 3 is 2.70 bits per heavy atom. The number of aromatic nitrogens is 2. The molecule has 0 saturated carbocycles.